The zero-order valence-corrected chi connectivity index (χ0v) is 20.3. The Kier molecular flexibility index (Phi) is 6.13. The molecule has 0 amide bonds. The van der Waals surface area contributed by atoms with Crippen molar-refractivity contribution in [1.29, 1.82) is 0 Å². The lowest BCUT2D eigenvalue weighted by atomic mass is 10.2. The molecular formula is C20H11Cl2I2NOS. The van der Waals surface area contributed by atoms with Gasteiger partial charge in [0.15, 0.2) is 0 Å². The van der Waals surface area contributed by atoms with Crippen molar-refractivity contribution < 1.29 is 4.74 Å². The summed E-state index contributed by atoms with van der Waals surface area (Å²) in [5, 5.41) is 2.24. The average Bonchev–Trinajstić information content (AvgIpc) is 3.06. The van der Waals surface area contributed by atoms with Crippen LogP contribution in [0, 0.1) is 7.14 Å². The van der Waals surface area contributed by atoms with E-state index in [0.717, 1.165) is 34.5 Å². The first-order chi connectivity index (χ1) is 13.0. The van der Waals surface area contributed by atoms with Crippen molar-refractivity contribution in [1.82, 2.24) is 4.98 Å². The molecule has 0 aliphatic rings. The Morgan fingerprint density at radius 1 is 0.963 bits per heavy atom. The van der Waals surface area contributed by atoms with Crippen LogP contribution in [0.2, 0.25) is 10.0 Å². The molecule has 27 heavy (non-hydrogen) atoms. The van der Waals surface area contributed by atoms with E-state index in [-0.39, 0.29) is 0 Å². The highest BCUT2D eigenvalue weighted by Crippen LogP contribution is 2.36. The fourth-order valence-corrected chi connectivity index (χ4v) is 6.10. The standard InChI is InChI=1S/C20H11Cl2I2NOS/c21-13-6-5-11(14(22)9-13)10-26-19-15(23)7-12(8-16(19)24)20-25-17-3-1-2-4-18(17)27-20/h1-9H,10H2. The highest BCUT2D eigenvalue weighted by Gasteiger charge is 2.14. The second-order valence-corrected chi connectivity index (χ2v) is 9.98. The van der Waals surface area contributed by atoms with E-state index in [1.807, 2.05) is 30.3 Å². The van der Waals surface area contributed by atoms with Crippen LogP contribution in [0.3, 0.4) is 0 Å². The number of halogens is 4. The molecule has 7 heteroatoms. The molecule has 0 spiro atoms. The number of benzene rings is 3. The van der Waals surface area contributed by atoms with Gasteiger partial charge in [-0.1, -0.05) is 41.4 Å². The van der Waals surface area contributed by atoms with E-state index >= 15 is 0 Å². The molecule has 0 fully saturated rings. The van der Waals surface area contributed by atoms with Crippen LogP contribution in [-0.4, -0.2) is 4.98 Å². The molecule has 2 nitrogen and oxygen atoms in total. The van der Waals surface area contributed by atoms with Gasteiger partial charge in [-0.25, -0.2) is 4.98 Å². The van der Waals surface area contributed by atoms with Crippen molar-refractivity contribution in [2.75, 3.05) is 0 Å². The number of ether oxygens (including phenoxy) is 1. The molecule has 0 aliphatic heterocycles. The van der Waals surface area contributed by atoms with E-state index in [0.29, 0.717) is 16.7 Å². The zero-order chi connectivity index (χ0) is 19.0. The number of para-hydroxylation sites is 1. The zero-order valence-electron chi connectivity index (χ0n) is 13.7. The number of nitrogens with zero attached hydrogens (tertiary/aromatic N) is 1. The van der Waals surface area contributed by atoms with E-state index in [9.17, 15) is 0 Å². The molecule has 0 saturated carbocycles. The molecule has 0 N–H and O–H groups in total. The van der Waals surface area contributed by atoms with Crippen LogP contribution in [0.5, 0.6) is 5.75 Å². The Labute approximate surface area is 198 Å². The number of rotatable bonds is 4. The van der Waals surface area contributed by atoms with Crippen molar-refractivity contribution in [3.8, 4) is 16.3 Å². The summed E-state index contributed by atoms with van der Waals surface area (Å²) in [6, 6.07) is 17.8. The Morgan fingerprint density at radius 3 is 2.41 bits per heavy atom. The number of thiazole rings is 1. The van der Waals surface area contributed by atoms with E-state index in [2.05, 4.69) is 63.4 Å². The minimum absolute atomic E-state index is 0.391. The molecule has 0 atom stereocenters. The van der Waals surface area contributed by atoms with Crippen LogP contribution < -0.4 is 4.74 Å². The average molecular weight is 638 g/mol. The second kappa shape index (κ2) is 8.41. The fraction of sp³-hybridized carbons (Fsp3) is 0.0500. The van der Waals surface area contributed by atoms with Gasteiger partial charge in [-0.05, 0) is 81.6 Å². The largest absolute Gasteiger partial charge is 0.487 e. The minimum atomic E-state index is 0.391. The third-order valence-electron chi connectivity index (χ3n) is 3.93. The molecule has 0 bridgehead atoms. The molecule has 1 aromatic heterocycles. The van der Waals surface area contributed by atoms with Crippen LogP contribution >= 0.6 is 79.7 Å². The minimum Gasteiger partial charge on any atom is -0.487 e. The lowest BCUT2D eigenvalue weighted by Crippen LogP contribution is -2.00. The first-order valence-corrected chi connectivity index (χ1v) is 11.7. The molecule has 0 aliphatic carbocycles. The SMILES string of the molecule is Clc1ccc(COc2c(I)cc(-c3nc4ccccc4s3)cc2I)c(Cl)c1. The van der Waals surface area contributed by atoms with Gasteiger partial charge in [0.25, 0.3) is 0 Å². The predicted octanol–water partition coefficient (Wildman–Crippen LogP) is 8.06. The van der Waals surface area contributed by atoms with Crippen molar-refractivity contribution in [3.63, 3.8) is 0 Å². The Hall–Kier alpha value is -0.610. The van der Waals surface area contributed by atoms with E-state index in [1.165, 1.54) is 4.70 Å². The summed E-state index contributed by atoms with van der Waals surface area (Å²) >= 11 is 18.5. The van der Waals surface area contributed by atoms with Crippen LogP contribution in [0.25, 0.3) is 20.8 Å². The highest BCUT2D eigenvalue weighted by molar-refractivity contribution is 14.1. The van der Waals surface area contributed by atoms with Crippen LogP contribution in [0.15, 0.2) is 54.6 Å². The van der Waals surface area contributed by atoms with Crippen LogP contribution in [0.1, 0.15) is 5.56 Å². The third-order valence-corrected chi connectivity index (χ3v) is 7.20. The maximum absolute atomic E-state index is 6.24. The van der Waals surface area contributed by atoms with E-state index in [4.69, 9.17) is 32.9 Å². The molecular weight excluding hydrogens is 627 g/mol. The Morgan fingerprint density at radius 2 is 1.70 bits per heavy atom. The molecule has 0 saturated heterocycles. The lowest BCUT2D eigenvalue weighted by Gasteiger charge is -2.13. The molecule has 4 rings (SSSR count). The van der Waals surface area contributed by atoms with Crippen molar-refractivity contribution >= 4 is 89.9 Å². The maximum atomic E-state index is 6.24. The lowest BCUT2D eigenvalue weighted by molar-refractivity contribution is 0.302. The normalized spacial score (nSPS) is 11.1. The molecule has 0 radical (unpaired) electrons. The van der Waals surface area contributed by atoms with E-state index < -0.39 is 0 Å². The topological polar surface area (TPSA) is 22.1 Å². The number of fused-ring (bicyclic) bond motifs is 1. The summed E-state index contributed by atoms with van der Waals surface area (Å²) in [6.45, 7) is 0.391. The van der Waals surface area contributed by atoms with Crippen LogP contribution in [-0.2, 0) is 6.61 Å². The molecule has 3 aromatic carbocycles. The molecule has 1 heterocycles. The van der Waals surface area contributed by atoms with Gasteiger partial charge in [0.05, 0.1) is 17.4 Å². The van der Waals surface area contributed by atoms with Gasteiger partial charge in [0.1, 0.15) is 17.4 Å². The summed E-state index contributed by atoms with van der Waals surface area (Å²) in [4.78, 5) is 4.75. The Balaban J connectivity index is 1.61. The van der Waals surface area contributed by atoms with Gasteiger partial charge in [0.2, 0.25) is 0 Å². The summed E-state index contributed by atoms with van der Waals surface area (Å²) < 4.78 is 9.34. The van der Waals surface area contributed by atoms with Crippen LogP contribution in [0.4, 0.5) is 0 Å². The first kappa shape index (κ1) is 19.7. The molecule has 0 unspecified atom stereocenters. The van der Waals surface area contributed by atoms with Gasteiger partial charge in [-0.15, -0.1) is 11.3 Å². The van der Waals surface area contributed by atoms with Crippen molar-refractivity contribution in [2.45, 2.75) is 6.61 Å². The van der Waals surface area contributed by atoms with Gasteiger partial charge in [-0.2, -0.15) is 0 Å². The number of hydrogen-bond acceptors (Lipinski definition) is 3. The second-order valence-electron chi connectivity index (χ2n) is 5.78. The maximum Gasteiger partial charge on any atom is 0.146 e. The molecule has 136 valence electrons. The smallest absolute Gasteiger partial charge is 0.146 e. The molecule has 4 aromatic rings. The summed E-state index contributed by atoms with van der Waals surface area (Å²) in [5.41, 5.74) is 3.03. The van der Waals surface area contributed by atoms with Gasteiger partial charge < -0.3 is 4.74 Å². The Bertz CT molecular complexity index is 1090. The summed E-state index contributed by atoms with van der Waals surface area (Å²) in [5.74, 6) is 0.854. The first-order valence-electron chi connectivity index (χ1n) is 7.93. The van der Waals surface area contributed by atoms with Crippen molar-refractivity contribution in [2.24, 2.45) is 0 Å². The predicted molar refractivity (Wildman–Crippen MR) is 131 cm³/mol. The summed E-state index contributed by atoms with van der Waals surface area (Å²) in [7, 11) is 0. The number of hydrogen-bond donors (Lipinski definition) is 0. The van der Waals surface area contributed by atoms with Gasteiger partial charge >= 0.3 is 0 Å². The summed E-state index contributed by atoms with van der Waals surface area (Å²) in [6.07, 6.45) is 0. The monoisotopic (exact) mass is 637 g/mol. The van der Waals surface area contributed by atoms with E-state index in [1.54, 1.807) is 17.4 Å². The third kappa shape index (κ3) is 4.37. The highest BCUT2D eigenvalue weighted by atomic mass is 127. The quantitative estimate of drug-likeness (QED) is 0.211. The van der Waals surface area contributed by atoms with Gasteiger partial charge in [-0.3, -0.25) is 0 Å². The van der Waals surface area contributed by atoms with Crippen molar-refractivity contribution in [3.05, 3.63) is 77.3 Å². The fourth-order valence-electron chi connectivity index (χ4n) is 2.61. The number of aromatic nitrogens is 1. The van der Waals surface area contributed by atoms with Gasteiger partial charge in [0, 0.05) is 21.2 Å².